The van der Waals surface area contributed by atoms with E-state index in [-0.39, 0.29) is 5.91 Å². The van der Waals surface area contributed by atoms with Crippen molar-refractivity contribution in [3.05, 3.63) is 52.8 Å². The average Bonchev–Trinajstić information content (AvgIpc) is 2.99. The molecule has 1 aromatic heterocycles. The molecule has 1 heterocycles. The molecule has 3 rings (SSSR count). The molecule has 0 fully saturated rings. The minimum Gasteiger partial charge on any atom is -0.495 e. The molecule has 0 unspecified atom stereocenters. The molecule has 5 nitrogen and oxygen atoms in total. The number of amides is 1. The average molecular weight is 356 g/mol. The Labute approximate surface area is 150 Å². The number of carbonyl (C=O) groups is 1. The maximum absolute atomic E-state index is 12.5. The third kappa shape index (κ3) is 3.44. The van der Waals surface area contributed by atoms with E-state index in [1.165, 1.54) is 11.3 Å². The molecule has 0 saturated carbocycles. The van der Waals surface area contributed by atoms with Gasteiger partial charge in [0.05, 0.1) is 18.4 Å². The van der Waals surface area contributed by atoms with E-state index in [9.17, 15) is 4.79 Å². The van der Waals surface area contributed by atoms with Gasteiger partial charge in [-0.3, -0.25) is 4.79 Å². The highest BCUT2D eigenvalue weighted by Crippen LogP contribution is 2.27. The maximum Gasteiger partial charge on any atom is 0.279 e. The fourth-order valence-electron chi connectivity index (χ4n) is 2.65. The number of methoxy groups -OCH3 is 1. The van der Waals surface area contributed by atoms with E-state index in [4.69, 9.17) is 9.47 Å². The zero-order valence-electron chi connectivity index (χ0n) is 14.5. The summed E-state index contributed by atoms with van der Waals surface area (Å²) in [6.45, 7) is 5.25. The van der Waals surface area contributed by atoms with E-state index < -0.39 is 0 Å². The van der Waals surface area contributed by atoms with Crippen LogP contribution < -0.4 is 14.3 Å². The second kappa shape index (κ2) is 7.53. The molecule has 0 N–H and O–H groups in total. The first-order valence-electron chi connectivity index (χ1n) is 8.16. The van der Waals surface area contributed by atoms with Crippen LogP contribution in [0.2, 0.25) is 0 Å². The third-order valence-corrected chi connectivity index (χ3v) is 4.85. The van der Waals surface area contributed by atoms with Crippen molar-refractivity contribution in [2.45, 2.75) is 20.4 Å². The molecule has 6 heteroatoms. The quantitative estimate of drug-likeness (QED) is 0.697. The van der Waals surface area contributed by atoms with Crippen molar-refractivity contribution >= 4 is 27.5 Å². The predicted octanol–water partition coefficient (Wildman–Crippen LogP) is 3.87. The van der Waals surface area contributed by atoms with Crippen molar-refractivity contribution in [3.8, 4) is 11.5 Å². The third-order valence-electron chi connectivity index (χ3n) is 3.81. The highest BCUT2D eigenvalue weighted by atomic mass is 32.1. The number of rotatable bonds is 5. The monoisotopic (exact) mass is 356 g/mol. The molecule has 1 amide bonds. The largest absolute Gasteiger partial charge is 0.495 e. The lowest BCUT2D eigenvalue weighted by Gasteiger charge is -2.05. The fraction of sp³-hybridized carbons (Fsp3) is 0.263. The van der Waals surface area contributed by atoms with Crippen LogP contribution in [0, 0.1) is 0 Å². The van der Waals surface area contributed by atoms with Crippen molar-refractivity contribution in [1.29, 1.82) is 0 Å². The Morgan fingerprint density at radius 2 is 1.92 bits per heavy atom. The van der Waals surface area contributed by atoms with Gasteiger partial charge in [-0.1, -0.05) is 17.4 Å². The van der Waals surface area contributed by atoms with Gasteiger partial charge in [0.2, 0.25) is 0 Å². The molecule has 0 bridgehead atoms. The van der Waals surface area contributed by atoms with Crippen molar-refractivity contribution < 1.29 is 14.3 Å². The summed E-state index contributed by atoms with van der Waals surface area (Å²) in [5.41, 5.74) is 1.51. The molecule has 0 atom stereocenters. The topological polar surface area (TPSA) is 52.8 Å². The molecule has 0 radical (unpaired) electrons. The summed E-state index contributed by atoms with van der Waals surface area (Å²) >= 11 is 1.48. The number of para-hydroxylation sites is 1. The smallest absolute Gasteiger partial charge is 0.279 e. The summed E-state index contributed by atoms with van der Waals surface area (Å²) < 4.78 is 13.9. The molecule has 0 aliphatic rings. The predicted molar refractivity (Wildman–Crippen MR) is 99.5 cm³/mol. The van der Waals surface area contributed by atoms with Gasteiger partial charge in [0.1, 0.15) is 17.0 Å². The molecule has 2 aromatic carbocycles. The van der Waals surface area contributed by atoms with Crippen LogP contribution in [0.4, 0.5) is 0 Å². The highest BCUT2D eigenvalue weighted by Gasteiger charge is 2.12. The molecule has 130 valence electrons. The number of benzene rings is 2. The van der Waals surface area contributed by atoms with E-state index in [0.717, 1.165) is 21.7 Å². The summed E-state index contributed by atoms with van der Waals surface area (Å²) in [5, 5.41) is 0. The van der Waals surface area contributed by atoms with Crippen molar-refractivity contribution in [1.82, 2.24) is 4.57 Å². The SMILES string of the molecule is CCOc1ccc(C(=O)N=c2sc3cccc(OC)c3n2CC)cc1. The van der Waals surface area contributed by atoms with Crippen LogP contribution in [0.3, 0.4) is 0 Å². The van der Waals surface area contributed by atoms with Gasteiger partial charge in [0.15, 0.2) is 4.80 Å². The van der Waals surface area contributed by atoms with E-state index in [1.807, 2.05) is 36.6 Å². The van der Waals surface area contributed by atoms with Crippen molar-refractivity contribution in [2.24, 2.45) is 4.99 Å². The first-order chi connectivity index (χ1) is 12.2. The van der Waals surface area contributed by atoms with Gasteiger partial charge in [-0.15, -0.1) is 0 Å². The first-order valence-corrected chi connectivity index (χ1v) is 8.97. The Morgan fingerprint density at radius 3 is 2.56 bits per heavy atom. The van der Waals surface area contributed by atoms with Crippen LogP contribution in [0.5, 0.6) is 11.5 Å². The van der Waals surface area contributed by atoms with Gasteiger partial charge in [0, 0.05) is 12.1 Å². The number of fused-ring (bicyclic) bond motifs is 1. The Hall–Kier alpha value is -2.60. The van der Waals surface area contributed by atoms with Gasteiger partial charge >= 0.3 is 0 Å². The summed E-state index contributed by atoms with van der Waals surface area (Å²) in [4.78, 5) is 17.5. The van der Waals surface area contributed by atoms with Gasteiger partial charge in [-0.2, -0.15) is 4.99 Å². The molecule has 0 spiro atoms. The minimum atomic E-state index is -0.268. The zero-order chi connectivity index (χ0) is 17.8. The molecular formula is C19H20N2O3S. The molecule has 0 saturated heterocycles. The second-order valence-electron chi connectivity index (χ2n) is 5.31. The maximum atomic E-state index is 12.5. The lowest BCUT2D eigenvalue weighted by molar-refractivity contribution is 0.0998. The van der Waals surface area contributed by atoms with Gasteiger partial charge in [-0.05, 0) is 50.2 Å². The lowest BCUT2D eigenvalue weighted by atomic mass is 10.2. The molecule has 3 aromatic rings. The van der Waals surface area contributed by atoms with E-state index >= 15 is 0 Å². The Morgan fingerprint density at radius 1 is 1.16 bits per heavy atom. The first kappa shape index (κ1) is 17.2. The number of hydrogen-bond acceptors (Lipinski definition) is 4. The van der Waals surface area contributed by atoms with Gasteiger partial charge in [0.25, 0.3) is 5.91 Å². The molecule has 25 heavy (non-hydrogen) atoms. The van der Waals surface area contributed by atoms with Crippen LogP contribution >= 0.6 is 11.3 Å². The van der Waals surface area contributed by atoms with E-state index in [2.05, 4.69) is 4.99 Å². The van der Waals surface area contributed by atoms with Crippen LogP contribution in [0.1, 0.15) is 24.2 Å². The zero-order valence-corrected chi connectivity index (χ0v) is 15.3. The van der Waals surface area contributed by atoms with Crippen LogP contribution in [-0.2, 0) is 6.54 Å². The summed E-state index contributed by atoms with van der Waals surface area (Å²) in [6, 6.07) is 12.9. The lowest BCUT2D eigenvalue weighted by Crippen LogP contribution is -2.16. The minimum absolute atomic E-state index is 0.268. The number of carbonyl (C=O) groups excluding carboxylic acids is 1. The van der Waals surface area contributed by atoms with E-state index in [0.29, 0.717) is 23.5 Å². The Balaban J connectivity index is 2.04. The highest BCUT2D eigenvalue weighted by molar-refractivity contribution is 7.16. The number of nitrogens with zero attached hydrogens (tertiary/aromatic N) is 2. The number of thiazole rings is 1. The van der Waals surface area contributed by atoms with Crippen LogP contribution in [0.25, 0.3) is 10.2 Å². The normalized spacial score (nSPS) is 11.7. The summed E-state index contributed by atoms with van der Waals surface area (Å²) in [6.07, 6.45) is 0. The Bertz CT molecular complexity index is 955. The molecular weight excluding hydrogens is 336 g/mol. The molecule has 0 aliphatic carbocycles. The van der Waals surface area contributed by atoms with Gasteiger partial charge in [-0.25, -0.2) is 0 Å². The number of hydrogen-bond donors (Lipinski definition) is 0. The number of aromatic nitrogens is 1. The van der Waals surface area contributed by atoms with Crippen LogP contribution in [-0.4, -0.2) is 24.2 Å². The van der Waals surface area contributed by atoms with Crippen molar-refractivity contribution in [2.75, 3.05) is 13.7 Å². The second-order valence-corrected chi connectivity index (χ2v) is 6.32. The van der Waals surface area contributed by atoms with E-state index in [1.54, 1.807) is 31.4 Å². The summed E-state index contributed by atoms with van der Waals surface area (Å²) in [7, 11) is 1.65. The molecule has 0 aliphatic heterocycles. The Kier molecular flexibility index (Phi) is 5.19. The van der Waals surface area contributed by atoms with Crippen LogP contribution in [0.15, 0.2) is 47.5 Å². The fourth-order valence-corrected chi connectivity index (χ4v) is 3.76. The summed E-state index contributed by atoms with van der Waals surface area (Å²) in [5.74, 6) is 1.26. The number of aryl methyl sites for hydroxylation is 1. The van der Waals surface area contributed by atoms with Crippen molar-refractivity contribution in [3.63, 3.8) is 0 Å². The number of ether oxygens (including phenoxy) is 2. The standard InChI is InChI=1S/C19H20N2O3S/c1-4-21-17-15(23-3)7-6-8-16(17)25-19(21)20-18(22)13-9-11-14(12-10-13)24-5-2/h6-12H,4-5H2,1-3H3. The van der Waals surface area contributed by atoms with Gasteiger partial charge < -0.3 is 14.0 Å².